The van der Waals surface area contributed by atoms with Crippen LogP contribution in [0.25, 0.3) is 0 Å². The van der Waals surface area contributed by atoms with Gasteiger partial charge in [0.25, 0.3) is 0 Å². The number of likely N-dealkylation sites (N-methyl/N-ethyl adjacent to an activating group) is 3. The summed E-state index contributed by atoms with van der Waals surface area (Å²) >= 11 is 0. The Balaban J connectivity index is 2.43. The van der Waals surface area contributed by atoms with Gasteiger partial charge in [0.2, 0.25) is 70.9 Å². The minimum atomic E-state index is -1.68. The minimum Gasteiger partial charge on any atom is -0.347 e. The first kappa shape index (κ1) is 54.8. The molecule has 0 aromatic carbocycles. The van der Waals surface area contributed by atoms with Crippen molar-refractivity contribution in [3.63, 3.8) is 0 Å². The molecule has 2 aliphatic heterocycles. The average molecular weight is 921 g/mol. The van der Waals surface area contributed by atoms with Gasteiger partial charge >= 0.3 is 0 Å². The molecule has 12 amide bonds. The van der Waals surface area contributed by atoms with Crippen molar-refractivity contribution in [3.05, 3.63) is 0 Å². The summed E-state index contributed by atoms with van der Waals surface area (Å²) in [5.41, 5.74) is -4.94. The topological polar surface area (TPSA) is 314 Å². The van der Waals surface area contributed by atoms with Gasteiger partial charge in [0, 0.05) is 34.2 Å². The minimum absolute atomic E-state index is 0.388. The Morgan fingerprint density at radius 3 is 1.45 bits per heavy atom. The first-order valence-electron chi connectivity index (χ1n) is 21.4. The lowest BCUT2D eigenvalue weighted by molar-refractivity contribution is -0.162. The second-order valence-corrected chi connectivity index (χ2v) is 17.7. The molecule has 0 bridgehead atoms. The van der Waals surface area contributed by atoms with Gasteiger partial charge in [-0.3, -0.25) is 57.5 Å². The number of hydrogen-bond donors (Lipinski definition) is 8. The van der Waals surface area contributed by atoms with E-state index >= 15 is 0 Å². The molecule has 0 spiro atoms. The summed E-state index contributed by atoms with van der Waals surface area (Å²) in [6.07, 6.45) is 1.27. The Bertz CT molecular complexity index is 1860. The lowest BCUT2D eigenvalue weighted by Crippen LogP contribution is -2.67. The van der Waals surface area contributed by atoms with Crippen molar-refractivity contribution in [3.8, 4) is 0 Å². The monoisotopic (exact) mass is 921 g/mol. The fraction of sp³-hybridized carbons (Fsp3) is 0.707. The fourth-order valence-corrected chi connectivity index (χ4v) is 6.78. The van der Waals surface area contributed by atoms with E-state index in [1.165, 1.54) is 67.6 Å². The highest BCUT2D eigenvalue weighted by atomic mass is 16.2. The summed E-state index contributed by atoms with van der Waals surface area (Å²) < 4.78 is 0. The highest BCUT2D eigenvalue weighted by Crippen LogP contribution is 2.26. The normalized spacial score (nSPS) is 24.3. The number of nitrogens with one attached hydrogen (secondary N) is 8. The molecule has 0 radical (unpaired) electrons. The van der Waals surface area contributed by atoms with E-state index in [9.17, 15) is 57.5 Å². The number of carbonyl (C=O) groups is 12. The van der Waals surface area contributed by atoms with Crippen molar-refractivity contribution < 1.29 is 57.5 Å². The summed E-state index contributed by atoms with van der Waals surface area (Å²) in [5, 5.41) is 19.0. The van der Waals surface area contributed by atoms with Crippen LogP contribution in [0.3, 0.4) is 0 Å². The van der Waals surface area contributed by atoms with Gasteiger partial charge in [-0.1, -0.05) is 20.3 Å². The summed E-state index contributed by atoms with van der Waals surface area (Å²) in [6.45, 7) is 9.23. The summed E-state index contributed by atoms with van der Waals surface area (Å²) in [7, 11) is 4.01. The molecule has 3 atom stereocenters. The molecule has 364 valence electrons. The number of carbonyl (C=O) groups excluding carboxylic acids is 12. The Hall–Kier alpha value is -6.36. The lowest BCUT2D eigenvalue weighted by atomic mass is 9.92. The van der Waals surface area contributed by atoms with Gasteiger partial charge in [0.1, 0.15) is 28.7 Å². The molecule has 2 rings (SSSR count). The number of amides is 12. The molecule has 0 saturated carbocycles. The van der Waals surface area contributed by atoms with Crippen LogP contribution in [-0.2, 0) is 57.5 Å². The van der Waals surface area contributed by atoms with E-state index < -0.39 is 151 Å². The van der Waals surface area contributed by atoms with Crippen LogP contribution < -0.4 is 42.5 Å². The van der Waals surface area contributed by atoms with Crippen LogP contribution in [0.5, 0.6) is 0 Å². The van der Waals surface area contributed by atoms with Gasteiger partial charge in [-0.2, -0.15) is 0 Å². The zero-order chi connectivity index (χ0) is 49.6. The van der Waals surface area contributed by atoms with Crippen molar-refractivity contribution in [1.29, 1.82) is 0 Å². The maximum atomic E-state index is 14.4. The number of hydrogen-bond acceptors (Lipinski definition) is 12. The number of rotatable bonds is 3. The second kappa shape index (κ2) is 23.5. The first-order valence-corrected chi connectivity index (χ1v) is 21.4. The van der Waals surface area contributed by atoms with Gasteiger partial charge in [0.15, 0.2) is 0 Å². The first-order chi connectivity index (χ1) is 30.1. The van der Waals surface area contributed by atoms with Gasteiger partial charge in [-0.15, -0.1) is 0 Å². The third-order valence-electron chi connectivity index (χ3n) is 11.7. The molecule has 0 aromatic heterocycles. The molecule has 24 nitrogen and oxygen atoms in total. The molecule has 65 heavy (non-hydrogen) atoms. The Labute approximate surface area is 379 Å². The van der Waals surface area contributed by atoms with E-state index in [1.54, 1.807) is 13.8 Å². The predicted octanol–water partition coefficient (Wildman–Crippen LogP) is -4.56. The van der Waals surface area contributed by atoms with Gasteiger partial charge in [-0.25, -0.2) is 0 Å². The largest absolute Gasteiger partial charge is 0.347 e. The van der Waals surface area contributed by atoms with Gasteiger partial charge in [-0.05, 0) is 60.3 Å². The standard InChI is InChI=1S/C41H68N12O12/c1-12-24(2)33-34(61)47-21-30(58)45-19-28(56)43-18-27(55)44-20-29(57)46-23-32(60)49-39(3,4)36(63)51(10)41(7,8)38(65)52(11)40(5,6)37(64)50(9)25(35(62)53-15-13-14-16-53)17-26(54)42-22-31(59)48-33/h24-25,33H,12-23H2,1-11H3,(H,42,54)(H,43,56)(H,44,55)(H,45,58)(H,46,57)(H,47,61)(H,48,59)(H,49,60)/t24-,25?,33?/m0/s1. The summed E-state index contributed by atoms with van der Waals surface area (Å²) in [4.78, 5) is 163. The zero-order valence-corrected chi connectivity index (χ0v) is 39.4. The van der Waals surface area contributed by atoms with E-state index in [2.05, 4.69) is 42.5 Å². The van der Waals surface area contributed by atoms with Crippen LogP contribution in [0.2, 0.25) is 0 Å². The van der Waals surface area contributed by atoms with Gasteiger partial charge in [0.05, 0.1) is 45.7 Å². The van der Waals surface area contributed by atoms with Crippen molar-refractivity contribution in [2.24, 2.45) is 5.92 Å². The van der Waals surface area contributed by atoms with E-state index in [1.807, 2.05) is 0 Å². The van der Waals surface area contributed by atoms with Crippen molar-refractivity contribution in [1.82, 2.24) is 62.1 Å². The van der Waals surface area contributed by atoms with Crippen LogP contribution >= 0.6 is 0 Å². The van der Waals surface area contributed by atoms with Crippen LogP contribution in [-0.4, -0.2) is 193 Å². The molecule has 2 unspecified atom stereocenters. The van der Waals surface area contributed by atoms with Gasteiger partial charge < -0.3 is 62.1 Å². The molecule has 0 aromatic rings. The predicted molar refractivity (Wildman–Crippen MR) is 232 cm³/mol. The molecule has 2 heterocycles. The Morgan fingerprint density at radius 2 is 0.969 bits per heavy atom. The molecule has 8 N–H and O–H groups in total. The highest BCUT2D eigenvalue weighted by Gasteiger charge is 2.49. The quantitative estimate of drug-likeness (QED) is 0.133. The number of likely N-dealkylation sites (tertiary alicyclic amines) is 1. The van der Waals surface area contributed by atoms with E-state index in [0.29, 0.717) is 32.4 Å². The second-order valence-electron chi connectivity index (χ2n) is 17.7. The Kier molecular flexibility index (Phi) is 19.8. The lowest BCUT2D eigenvalue weighted by Gasteiger charge is -2.45. The van der Waals surface area contributed by atoms with Crippen molar-refractivity contribution >= 4 is 70.9 Å². The molecule has 0 aliphatic carbocycles. The molecule has 2 fully saturated rings. The maximum absolute atomic E-state index is 14.4. The Morgan fingerprint density at radius 1 is 0.569 bits per heavy atom. The van der Waals surface area contributed by atoms with Crippen molar-refractivity contribution in [2.75, 3.05) is 73.5 Å². The smallest absolute Gasteiger partial charge is 0.248 e. The molecule has 2 aliphatic rings. The maximum Gasteiger partial charge on any atom is 0.248 e. The SMILES string of the molecule is CC[C@H](C)C1NC(=O)CNC(=O)CC(C(=O)N2CCCC2)N(C)C(=O)C(C)(C)N(C)C(=O)C(C)(C)N(C)C(=O)C(C)(C)NC(=O)CNC(=O)CNC(=O)CNC(=O)CNC(=O)CNC1=O. The zero-order valence-electron chi connectivity index (χ0n) is 39.4. The summed E-state index contributed by atoms with van der Waals surface area (Å²) in [5.74, 6) is -9.29. The van der Waals surface area contributed by atoms with Crippen LogP contribution in [0, 0.1) is 5.92 Å². The highest BCUT2D eigenvalue weighted by molar-refractivity contribution is 6.01. The van der Waals surface area contributed by atoms with Crippen LogP contribution in [0.15, 0.2) is 0 Å². The number of nitrogens with zero attached hydrogens (tertiary/aromatic N) is 4. The molecular weight excluding hydrogens is 853 g/mol. The van der Waals surface area contributed by atoms with Crippen molar-refractivity contribution in [2.45, 2.75) is 110 Å². The molecule has 24 heteroatoms. The van der Waals surface area contributed by atoms with Crippen LogP contribution in [0.4, 0.5) is 0 Å². The van der Waals surface area contributed by atoms with E-state index in [-0.39, 0.29) is 0 Å². The molecular formula is C41H68N12O12. The van der Waals surface area contributed by atoms with E-state index in [0.717, 1.165) is 14.7 Å². The molecule has 2 saturated heterocycles. The van der Waals surface area contributed by atoms with E-state index in [4.69, 9.17) is 0 Å². The fourth-order valence-electron chi connectivity index (χ4n) is 6.78. The third-order valence-corrected chi connectivity index (χ3v) is 11.7. The average Bonchev–Trinajstić information content (AvgIpc) is 3.81. The summed E-state index contributed by atoms with van der Waals surface area (Å²) in [6, 6.07) is -2.51. The third kappa shape index (κ3) is 15.4. The van der Waals surface area contributed by atoms with Crippen LogP contribution in [0.1, 0.15) is 81.1 Å².